The molecule has 0 bridgehead atoms. The first-order chi connectivity index (χ1) is 11.2. The van der Waals surface area contributed by atoms with Crippen molar-refractivity contribution in [3.8, 4) is 5.75 Å². The van der Waals surface area contributed by atoms with Crippen LogP contribution in [0.3, 0.4) is 0 Å². The fourth-order valence-electron chi connectivity index (χ4n) is 2.32. The van der Waals surface area contributed by atoms with Crippen molar-refractivity contribution >= 4 is 0 Å². The Balaban J connectivity index is 2.03. The Morgan fingerprint density at radius 3 is 2.52 bits per heavy atom. The predicted octanol–water partition coefficient (Wildman–Crippen LogP) is 2.82. The van der Waals surface area contributed by atoms with Crippen LogP contribution in [0.25, 0.3) is 0 Å². The number of hydrogen-bond donors (Lipinski definition) is 0. The Kier molecular flexibility index (Phi) is 6.72. The summed E-state index contributed by atoms with van der Waals surface area (Å²) < 4.78 is 10.3. The van der Waals surface area contributed by atoms with Gasteiger partial charge >= 0.3 is 0 Å². The van der Waals surface area contributed by atoms with Gasteiger partial charge in [-0.3, -0.25) is 4.90 Å². The fraction of sp³-hybridized carbons (Fsp3) is 0.333. The zero-order chi connectivity index (χ0) is 16.5. The van der Waals surface area contributed by atoms with E-state index >= 15 is 0 Å². The molecule has 0 spiro atoms. The largest absolute Gasteiger partial charge is 0.497 e. The summed E-state index contributed by atoms with van der Waals surface area (Å²) in [4.78, 5) is 10.9. The Hall–Kier alpha value is -2.24. The molecule has 122 valence electrons. The van der Waals surface area contributed by atoms with Crippen molar-refractivity contribution in [2.75, 3.05) is 20.8 Å². The molecule has 0 aliphatic rings. The molecule has 0 aliphatic carbocycles. The summed E-state index contributed by atoms with van der Waals surface area (Å²) in [6, 6.07) is 8.09. The average molecular weight is 313 g/mol. The van der Waals surface area contributed by atoms with Crippen molar-refractivity contribution in [2.45, 2.75) is 19.7 Å². The molecule has 2 rings (SSSR count). The zero-order valence-corrected chi connectivity index (χ0v) is 13.7. The molecular weight excluding hydrogens is 290 g/mol. The van der Waals surface area contributed by atoms with E-state index < -0.39 is 0 Å². The normalized spacial score (nSPS) is 10.7. The lowest BCUT2D eigenvalue weighted by Gasteiger charge is -2.21. The molecular formula is C18H23N3O2. The van der Waals surface area contributed by atoms with Gasteiger partial charge in [-0.2, -0.15) is 0 Å². The third-order valence-electron chi connectivity index (χ3n) is 3.37. The van der Waals surface area contributed by atoms with Gasteiger partial charge in [0.2, 0.25) is 0 Å². The van der Waals surface area contributed by atoms with E-state index in [0.717, 1.165) is 30.9 Å². The van der Waals surface area contributed by atoms with Crippen LogP contribution in [-0.4, -0.2) is 35.6 Å². The van der Waals surface area contributed by atoms with Crippen LogP contribution in [0.2, 0.25) is 0 Å². The molecule has 0 unspecified atom stereocenters. The van der Waals surface area contributed by atoms with Crippen molar-refractivity contribution in [3.63, 3.8) is 0 Å². The monoisotopic (exact) mass is 313 g/mol. The quantitative estimate of drug-likeness (QED) is 0.666. The van der Waals surface area contributed by atoms with E-state index in [-0.39, 0.29) is 0 Å². The van der Waals surface area contributed by atoms with Crippen LogP contribution in [0.4, 0.5) is 0 Å². The van der Waals surface area contributed by atoms with E-state index in [0.29, 0.717) is 12.4 Å². The lowest BCUT2D eigenvalue weighted by molar-refractivity contribution is 0.177. The number of nitrogens with zero attached hydrogens (tertiary/aromatic N) is 3. The minimum absolute atomic E-state index is 0.431. The summed E-state index contributed by atoms with van der Waals surface area (Å²) in [5, 5.41) is 0. The van der Waals surface area contributed by atoms with Crippen molar-refractivity contribution in [3.05, 3.63) is 66.3 Å². The first kappa shape index (κ1) is 17.1. The molecule has 23 heavy (non-hydrogen) atoms. The van der Waals surface area contributed by atoms with Gasteiger partial charge in [-0.15, -0.1) is 6.58 Å². The van der Waals surface area contributed by atoms with Gasteiger partial charge in [0.05, 0.1) is 7.11 Å². The van der Waals surface area contributed by atoms with E-state index in [1.807, 2.05) is 36.7 Å². The molecule has 1 heterocycles. The maximum absolute atomic E-state index is 5.28. The number of benzene rings is 1. The number of methoxy groups -OCH3 is 2. The van der Waals surface area contributed by atoms with Crippen LogP contribution in [0.5, 0.6) is 5.75 Å². The Morgan fingerprint density at radius 1 is 1.13 bits per heavy atom. The zero-order valence-electron chi connectivity index (χ0n) is 13.7. The lowest BCUT2D eigenvalue weighted by atomic mass is 10.2. The fourth-order valence-corrected chi connectivity index (χ4v) is 2.32. The molecule has 0 aliphatic heterocycles. The molecule has 5 nitrogen and oxygen atoms in total. The summed E-state index contributed by atoms with van der Waals surface area (Å²) in [6.07, 6.45) is 5.60. The van der Waals surface area contributed by atoms with Crippen LogP contribution < -0.4 is 4.74 Å². The summed E-state index contributed by atoms with van der Waals surface area (Å²) in [5.41, 5.74) is 2.26. The highest BCUT2D eigenvalue weighted by Crippen LogP contribution is 2.15. The van der Waals surface area contributed by atoms with E-state index in [4.69, 9.17) is 9.47 Å². The van der Waals surface area contributed by atoms with Crippen LogP contribution in [0.1, 0.15) is 17.0 Å². The van der Waals surface area contributed by atoms with Crippen LogP contribution in [0, 0.1) is 0 Å². The molecule has 0 amide bonds. The van der Waals surface area contributed by atoms with Gasteiger partial charge in [0, 0.05) is 44.7 Å². The van der Waals surface area contributed by atoms with Gasteiger partial charge < -0.3 is 9.47 Å². The van der Waals surface area contributed by atoms with E-state index in [1.54, 1.807) is 14.2 Å². The summed E-state index contributed by atoms with van der Waals surface area (Å²) in [5.74, 6) is 1.56. The third-order valence-corrected chi connectivity index (χ3v) is 3.37. The molecule has 0 radical (unpaired) electrons. The van der Waals surface area contributed by atoms with Crippen LogP contribution in [-0.2, 0) is 24.4 Å². The number of ether oxygens (including phenoxy) is 2. The summed E-state index contributed by atoms with van der Waals surface area (Å²) >= 11 is 0. The molecule has 0 N–H and O–H groups in total. The molecule has 0 saturated carbocycles. The molecule has 0 saturated heterocycles. The highest BCUT2D eigenvalue weighted by molar-refractivity contribution is 5.28. The smallest absolute Gasteiger partial charge is 0.153 e. The second-order valence-electron chi connectivity index (χ2n) is 5.25. The van der Waals surface area contributed by atoms with Crippen LogP contribution in [0.15, 0.2) is 49.3 Å². The highest BCUT2D eigenvalue weighted by Gasteiger charge is 2.07. The molecule has 1 aromatic heterocycles. The van der Waals surface area contributed by atoms with Gasteiger partial charge in [0.25, 0.3) is 0 Å². The SMILES string of the molecule is C=CCN(Cc1cnc(COC)nc1)Cc1cccc(OC)c1. The van der Waals surface area contributed by atoms with E-state index in [1.165, 1.54) is 5.56 Å². The maximum Gasteiger partial charge on any atom is 0.153 e. The van der Waals surface area contributed by atoms with Crippen molar-refractivity contribution in [1.29, 1.82) is 0 Å². The van der Waals surface area contributed by atoms with Gasteiger partial charge in [-0.25, -0.2) is 9.97 Å². The average Bonchev–Trinajstić information content (AvgIpc) is 2.57. The molecule has 1 aromatic carbocycles. The topological polar surface area (TPSA) is 47.5 Å². The molecule has 0 atom stereocenters. The minimum Gasteiger partial charge on any atom is -0.497 e. The maximum atomic E-state index is 5.28. The van der Waals surface area contributed by atoms with E-state index in [2.05, 4.69) is 27.5 Å². The standard InChI is InChI=1S/C18H23N3O2/c1-4-8-21(12-15-6-5-7-17(9-15)23-3)13-16-10-19-18(14-22-2)20-11-16/h4-7,9-11H,1,8,12-14H2,2-3H3. The second-order valence-corrected chi connectivity index (χ2v) is 5.25. The third kappa shape index (κ3) is 5.47. The van der Waals surface area contributed by atoms with Crippen molar-refractivity contribution in [2.24, 2.45) is 0 Å². The Morgan fingerprint density at radius 2 is 1.87 bits per heavy atom. The van der Waals surface area contributed by atoms with Gasteiger partial charge in [0.15, 0.2) is 5.82 Å². The van der Waals surface area contributed by atoms with Crippen molar-refractivity contribution in [1.82, 2.24) is 14.9 Å². The lowest BCUT2D eigenvalue weighted by Crippen LogP contribution is -2.23. The number of aromatic nitrogens is 2. The van der Waals surface area contributed by atoms with Gasteiger partial charge in [-0.1, -0.05) is 18.2 Å². The molecule has 2 aromatic rings. The highest BCUT2D eigenvalue weighted by atomic mass is 16.5. The minimum atomic E-state index is 0.431. The van der Waals surface area contributed by atoms with Gasteiger partial charge in [0.1, 0.15) is 12.4 Å². The van der Waals surface area contributed by atoms with E-state index in [9.17, 15) is 0 Å². The first-order valence-electron chi connectivity index (χ1n) is 7.50. The Labute approximate surface area is 137 Å². The summed E-state index contributed by atoms with van der Waals surface area (Å²) in [6.45, 7) is 6.63. The van der Waals surface area contributed by atoms with Crippen molar-refractivity contribution < 1.29 is 9.47 Å². The second kappa shape index (κ2) is 9.02. The number of rotatable bonds is 9. The molecule has 0 fully saturated rings. The predicted molar refractivity (Wildman–Crippen MR) is 90.1 cm³/mol. The molecule has 5 heteroatoms. The Bertz CT molecular complexity index is 614. The first-order valence-corrected chi connectivity index (χ1v) is 7.50. The van der Waals surface area contributed by atoms with Crippen LogP contribution >= 0.6 is 0 Å². The summed E-state index contributed by atoms with van der Waals surface area (Å²) in [7, 11) is 3.32. The number of hydrogen-bond acceptors (Lipinski definition) is 5. The van der Waals surface area contributed by atoms with Gasteiger partial charge in [-0.05, 0) is 17.7 Å².